The van der Waals surface area contributed by atoms with Crippen molar-refractivity contribution in [2.24, 2.45) is 10.9 Å². The Bertz CT molecular complexity index is 426. The molecule has 17 heavy (non-hydrogen) atoms. The van der Waals surface area contributed by atoms with Crippen molar-refractivity contribution in [3.05, 3.63) is 35.9 Å². The van der Waals surface area contributed by atoms with E-state index in [0.717, 1.165) is 31.4 Å². The van der Waals surface area contributed by atoms with Crippen molar-refractivity contribution in [1.29, 1.82) is 0 Å². The average molecular weight is 229 g/mol. The molecule has 2 bridgehead atoms. The molecule has 1 saturated carbocycles. The minimum absolute atomic E-state index is 0.621. The lowest BCUT2D eigenvalue weighted by atomic mass is 9.85. The number of rotatable bonds is 1. The van der Waals surface area contributed by atoms with Gasteiger partial charge in [-0.2, -0.15) is 0 Å². The number of fused-ring (bicyclic) bond motifs is 2. The van der Waals surface area contributed by atoms with Crippen molar-refractivity contribution < 1.29 is 5.11 Å². The Morgan fingerprint density at radius 1 is 1.18 bits per heavy atom. The van der Waals surface area contributed by atoms with Gasteiger partial charge in [0.1, 0.15) is 0 Å². The van der Waals surface area contributed by atoms with Crippen LogP contribution in [0.5, 0.6) is 0 Å². The monoisotopic (exact) mass is 229 g/mol. The zero-order chi connectivity index (χ0) is 11.7. The lowest BCUT2D eigenvalue weighted by Gasteiger charge is -2.32. The van der Waals surface area contributed by atoms with E-state index in [1.807, 2.05) is 18.2 Å². The van der Waals surface area contributed by atoms with E-state index in [9.17, 15) is 5.11 Å². The van der Waals surface area contributed by atoms with Gasteiger partial charge in [-0.3, -0.25) is 4.99 Å². The highest BCUT2D eigenvalue weighted by Gasteiger charge is 2.36. The van der Waals surface area contributed by atoms with Gasteiger partial charge < -0.3 is 5.11 Å². The SMILES string of the molecule is OC12CCCCC(CC(c3ccccc3)=N1)C2. The van der Waals surface area contributed by atoms with E-state index in [4.69, 9.17) is 0 Å². The fourth-order valence-corrected chi connectivity index (χ4v) is 3.17. The van der Waals surface area contributed by atoms with E-state index >= 15 is 0 Å². The van der Waals surface area contributed by atoms with Crippen LogP contribution < -0.4 is 0 Å². The third-order valence-corrected chi connectivity index (χ3v) is 3.99. The van der Waals surface area contributed by atoms with Gasteiger partial charge >= 0.3 is 0 Å². The molecule has 1 aliphatic heterocycles. The largest absolute Gasteiger partial charge is 0.369 e. The molecule has 1 aliphatic carbocycles. The molecule has 90 valence electrons. The summed E-state index contributed by atoms with van der Waals surface area (Å²) in [6.07, 6.45) is 6.33. The normalized spacial score (nSPS) is 32.8. The summed E-state index contributed by atoms with van der Waals surface area (Å²) in [6.45, 7) is 0. The standard InChI is InChI=1S/C15H19NO/c17-15-9-5-4-6-12(11-15)10-14(16-15)13-7-2-1-3-8-13/h1-3,7-8,12,17H,4-6,9-11H2. The number of aliphatic imine (C=N–C) groups is 1. The van der Waals surface area contributed by atoms with Crippen molar-refractivity contribution >= 4 is 5.71 Å². The van der Waals surface area contributed by atoms with Gasteiger partial charge in [-0.25, -0.2) is 0 Å². The molecule has 2 nitrogen and oxygen atoms in total. The summed E-state index contributed by atoms with van der Waals surface area (Å²) < 4.78 is 0. The van der Waals surface area contributed by atoms with Crippen molar-refractivity contribution in [1.82, 2.24) is 0 Å². The first-order valence-corrected chi connectivity index (χ1v) is 6.62. The maximum absolute atomic E-state index is 10.5. The highest BCUT2D eigenvalue weighted by atomic mass is 16.3. The lowest BCUT2D eigenvalue weighted by molar-refractivity contribution is 0.0172. The topological polar surface area (TPSA) is 32.6 Å². The van der Waals surface area contributed by atoms with Crippen LogP contribution in [0.3, 0.4) is 0 Å². The smallest absolute Gasteiger partial charge is 0.156 e. The summed E-state index contributed by atoms with van der Waals surface area (Å²) in [5.74, 6) is 0.621. The second-order valence-electron chi connectivity index (χ2n) is 5.43. The molecule has 0 aromatic heterocycles. The van der Waals surface area contributed by atoms with Crippen LogP contribution in [0.1, 0.15) is 44.1 Å². The van der Waals surface area contributed by atoms with Crippen LogP contribution in [-0.2, 0) is 0 Å². The molecule has 2 heteroatoms. The molecular formula is C15H19NO. The van der Waals surface area contributed by atoms with E-state index < -0.39 is 5.72 Å². The van der Waals surface area contributed by atoms with Gasteiger partial charge in [-0.05, 0) is 43.6 Å². The van der Waals surface area contributed by atoms with Crippen LogP contribution in [0.15, 0.2) is 35.3 Å². The van der Waals surface area contributed by atoms with E-state index in [1.54, 1.807) is 0 Å². The summed E-state index contributed by atoms with van der Waals surface area (Å²) in [5.41, 5.74) is 1.51. The van der Waals surface area contributed by atoms with E-state index in [0.29, 0.717) is 5.92 Å². The van der Waals surface area contributed by atoms with E-state index in [2.05, 4.69) is 17.1 Å². The van der Waals surface area contributed by atoms with Crippen molar-refractivity contribution in [2.45, 2.75) is 44.2 Å². The van der Waals surface area contributed by atoms with Gasteiger partial charge in [0.05, 0.1) is 0 Å². The molecule has 2 aliphatic rings. The van der Waals surface area contributed by atoms with Crippen molar-refractivity contribution in [3.8, 4) is 0 Å². The summed E-state index contributed by atoms with van der Waals surface area (Å²) in [7, 11) is 0. The molecule has 0 saturated heterocycles. The summed E-state index contributed by atoms with van der Waals surface area (Å²) >= 11 is 0. The number of hydrogen-bond acceptors (Lipinski definition) is 2. The molecule has 1 heterocycles. The van der Waals surface area contributed by atoms with Gasteiger partial charge in [0, 0.05) is 5.71 Å². The summed E-state index contributed by atoms with van der Waals surface area (Å²) in [4.78, 5) is 4.64. The Hall–Kier alpha value is -1.15. The van der Waals surface area contributed by atoms with Crippen LogP contribution in [0, 0.1) is 5.92 Å². The number of hydrogen-bond donors (Lipinski definition) is 1. The van der Waals surface area contributed by atoms with Gasteiger partial charge in [-0.1, -0.05) is 36.8 Å². The zero-order valence-electron chi connectivity index (χ0n) is 10.1. The molecule has 2 atom stereocenters. The fourth-order valence-electron chi connectivity index (χ4n) is 3.17. The predicted molar refractivity (Wildman–Crippen MR) is 69.1 cm³/mol. The number of aliphatic hydroxyl groups is 1. The van der Waals surface area contributed by atoms with Gasteiger partial charge in [-0.15, -0.1) is 0 Å². The summed E-state index contributed by atoms with van der Waals surface area (Å²) in [5, 5.41) is 10.5. The molecule has 0 radical (unpaired) electrons. The Balaban J connectivity index is 1.96. The minimum Gasteiger partial charge on any atom is -0.369 e. The second-order valence-corrected chi connectivity index (χ2v) is 5.43. The fraction of sp³-hybridized carbons (Fsp3) is 0.533. The Morgan fingerprint density at radius 2 is 2.00 bits per heavy atom. The molecule has 3 rings (SSSR count). The first-order chi connectivity index (χ1) is 8.25. The highest BCUT2D eigenvalue weighted by molar-refractivity contribution is 6.01. The zero-order valence-corrected chi connectivity index (χ0v) is 10.1. The molecule has 2 unspecified atom stereocenters. The first kappa shape index (κ1) is 11.0. The second kappa shape index (κ2) is 4.26. The third-order valence-electron chi connectivity index (χ3n) is 3.99. The molecule has 1 aromatic rings. The average Bonchev–Trinajstić information content (AvgIpc) is 2.48. The van der Waals surface area contributed by atoms with Crippen LogP contribution in [-0.4, -0.2) is 16.5 Å². The Kier molecular flexibility index (Phi) is 2.75. The van der Waals surface area contributed by atoms with Crippen LogP contribution in [0.2, 0.25) is 0 Å². The van der Waals surface area contributed by atoms with E-state index in [-0.39, 0.29) is 0 Å². The number of benzene rings is 1. The van der Waals surface area contributed by atoms with Crippen molar-refractivity contribution in [3.63, 3.8) is 0 Å². The third kappa shape index (κ3) is 2.27. The van der Waals surface area contributed by atoms with Crippen LogP contribution in [0.4, 0.5) is 0 Å². The number of nitrogens with zero attached hydrogens (tertiary/aromatic N) is 1. The van der Waals surface area contributed by atoms with Crippen molar-refractivity contribution in [2.75, 3.05) is 0 Å². The maximum atomic E-state index is 10.5. The summed E-state index contributed by atoms with van der Waals surface area (Å²) in [6, 6.07) is 10.3. The molecular weight excluding hydrogens is 210 g/mol. The molecule has 1 N–H and O–H groups in total. The highest BCUT2D eigenvalue weighted by Crippen LogP contribution is 2.38. The lowest BCUT2D eigenvalue weighted by Crippen LogP contribution is -2.34. The predicted octanol–water partition coefficient (Wildman–Crippen LogP) is 3.15. The minimum atomic E-state index is -0.773. The molecule has 0 amide bonds. The quantitative estimate of drug-likeness (QED) is 0.788. The van der Waals surface area contributed by atoms with Crippen LogP contribution >= 0.6 is 0 Å². The Morgan fingerprint density at radius 3 is 2.82 bits per heavy atom. The van der Waals surface area contributed by atoms with E-state index in [1.165, 1.54) is 18.4 Å². The molecule has 0 spiro atoms. The van der Waals surface area contributed by atoms with Gasteiger partial charge in [0.2, 0.25) is 0 Å². The maximum Gasteiger partial charge on any atom is 0.156 e. The molecule has 1 aromatic carbocycles. The first-order valence-electron chi connectivity index (χ1n) is 6.62. The van der Waals surface area contributed by atoms with Crippen LogP contribution in [0.25, 0.3) is 0 Å². The Labute approximate surface area is 102 Å². The van der Waals surface area contributed by atoms with Gasteiger partial charge in [0.25, 0.3) is 0 Å². The molecule has 1 fully saturated rings. The van der Waals surface area contributed by atoms with Gasteiger partial charge in [0.15, 0.2) is 5.72 Å².